The van der Waals surface area contributed by atoms with Crippen LogP contribution in [0.2, 0.25) is 10.0 Å². The zero-order chi connectivity index (χ0) is 15.5. The van der Waals surface area contributed by atoms with Gasteiger partial charge < -0.3 is 9.47 Å². The molecular weight excluding hydrogens is 323 g/mol. The Bertz CT molecular complexity index is 824. The normalized spacial score (nSPS) is 10.7. The molecule has 0 saturated heterocycles. The van der Waals surface area contributed by atoms with Crippen LogP contribution in [0.15, 0.2) is 42.7 Å². The quantitative estimate of drug-likeness (QED) is 0.703. The standard InChI is InChI=1S/C16H12Cl2N2O2/c1-21-12-4-2-3-10(5-12)8-22-16-13-6-11(17)7-14(18)15(13)19-9-20-16/h2-7,9H,8H2,1H3. The molecule has 0 unspecified atom stereocenters. The molecule has 0 aliphatic rings. The van der Waals surface area contributed by atoms with Crippen LogP contribution < -0.4 is 9.47 Å². The lowest BCUT2D eigenvalue weighted by Crippen LogP contribution is -1.99. The fourth-order valence-electron chi connectivity index (χ4n) is 2.10. The van der Waals surface area contributed by atoms with E-state index in [-0.39, 0.29) is 0 Å². The van der Waals surface area contributed by atoms with Crippen LogP contribution in [0.5, 0.6) is 11.6 Å². The van der Waals surface area contributed by atoms with Crippen molar-refractivity contribution in [1.29, 1.82) is 0 Å². The Kier molecular flexibility index (Phi) is 4.32. The van der Waals surface area contributed by atoms with Gasteiger partial charge in [-0.05, 0) is 29.8 Å². The van der Waals surface area contributed by atoms with Gasteiger partial charge in [-0.1, -0.05) is 35.3 Å². The number of nitrogens with zero attached hydrogens (tertiary/aromatic N) is 2. The van der Waals surface area contributed by atoms with E-state index in [4.69, 9.17) is 32.7 Å². The van der Waals surface area contributed by atoms with E-state index in [1.54, 1.807) is 19.2 Å². The van der Waals surface area contributed by atoms with Crippen LogP contribution in [0.4, 0.5) is 0 Å². The van der Waals surface area contributed by atoms with Gasteiger partial charge in [-0.2, -0.15) is 0 Å². The highest BCUT2D eigenvalue weighted by Gasteiger charge is 2.10. The highest BCUT2D eigenvalue weighted by atomic mass is 35.5. The number of ether oxygens (including phenoxy) is 2. The van der Waals surface area contributed by atoms with E-state index >= 15 is 0 Å². The molecule has 0 saturated carbocycles. The second-order valence-corrected chi connectivity index (χ2v) is 5.45. The number of rotatable bonds is 4. The number of fused-ring (bicyclic) bond motifs is 1. The Balaban J connectivity index is 1.90. The van der Waals surface area contributed by atoms with Gasteiger partial charge in [0, 0.05) is 5.02 Å². The highest BCUT2D eigenvalue weighted by molar-refractivity contribution is 6.38. The van der Waals surface area contributed by atoms with Crippen LogP contribution in [0.1, 0.15) is 5.56 Å². The summed E-state index contributed by atoms with van der Waals surface area (Å²) in [5.74, 6) is 1.22. The van der Waals surface area contributed by atoms with Gasteiger partial charge in [0.25, 0.3) is 0 Å². The van der Waals surface area contributed by atoms with Crippen LogP contribution in [0.25, 0.3) is 10.9 Å². The Hall–Kier alpha value is -2.04. The molecule has 4 nitrogen and oxygen atoms in total. The summed E-state index contributed by atoms with van der Waals surface area (Å²) in [6.07, 6.45) is 1.42. The number of hydrogen-bond acceptors (Lipinski definition) is 4. The number of hydrogen-bond donors (Lipinski definition) is 0. The Morgan fingerprint density at radius 1 is 1.09 bits per heavy atom. The van der Waals surface area contributed by atoms with E-state index in [9.17, 15) is 0 Å². The van der Waals surface area contributed by atoms with E-state index in [2.05, 4.69) is 9.97 Å². The lowest BCUT2D eigenvalue weighted by Gasteiger charge is -2.09. The summed E-state index contributed by atoms with van der Waals surface area (Å²) in [6.45, 7) is 0.355. The summed E-state index contributed by atoms with van der Waals surface area (Å²) >= 11 is 12.2. The summed E-state index contributed by atoms with van der Waals surface area (Å²) in [6, 6.07) is 11.0. The molecule has 0 aliphatic carbocycles. The van der Waals surface area contributed by atoms with Crippen molar-refractivity contribution in [3.8, 4) is 11.6 Å². The summed E-state index contributed by atoms with van der Waals surface area (Å²) in [4.78, 5) is 8.33. The maximum Gasteiger partial charge on any atom is 0.224 e. The molecule has 3 aromatic rings. The Labute approximate surface area is 137 Å². The summed E-state index contributed by atoms with van der Waals surface area (Å²) in [5.41, 5.74) is 1.58. The van der Waals surface area contributed by atoms with E-state index in [1.165, 1.54) is 6.33 Å². The van der Waals surface area contributed by atoms with E-state index in [1.807, 2.05) is 24.3 Å². The zero-order valence-electron chi connectivity index (χ0n) is 11.7. The minimum absolute atomic E-state index is 0.355. The van der Waals surface area contributed by atoms with E-state index in [0.717, 1.165) is 11.3 Å². The van der Waals surface area contributed by atoms with E-state index in [0.29, 0.717) is 33.4 Å². The van der Waals surface area contributed by atoms with Crippen molar-refractivity contribution in [2.45, 2.75) is 6.61 Å². The van der Waals surface area contributed by atoms with Crippen molar-refractivity contribution in [1.82, 2.24) is 9.97 Å². The van der Waals surface area contributed by atoms with Gasteiger partial charge in [0.1, 0.15) is 18.7 Å². The maximum atomic E-state index is 6.14. The molecule has 2 aromatic carbocycles. The van der Waals surface area contributed by atoms with Crippen molar-refractivity contribution in [2.24, 2.45) is 0 Å². The average molecular weight is 335 g/mol. The van der Waals surface area contributed by atoms with Crippen molar-refractivity contribution in [3.05, 3.63) is 58.3 Å². The molecule has 0 fully saturated rings. The molecule has 0 bridgehead atoms. The fraction of sp³-hybridized carbons (Fsp3) is 0.125. The monoisotopic (exact) mass is 334 g/mol. The van der Waals surface area contributed by atoms with E-state index < -0.39 is 0 Å². The molecule has 6 heteroatoms. The largest absolute Gasteiger partial charge is 0.497 e. The van der Waals surface area contributed by atoms with Crippen molar-refractivity contribution >= 4 is 34.1 Å². The SMILES string of the molecule is COc1cccc(COc2ncnc3c(Cl)cc(Cl)cc23)c1. The van der Waals surface area contributed by atoms with Gasteiger partial charge in [0.2, 0.25) is 5.88 Å². The smallest absolute Gasteiger partial charge is 0.224 e. The Morgan fingerprint density at radius 2 is 1.95 bits per heavy atom. The van der Waals surface area contributed by atoms with Crippen LogP contribution in [-0.2, 0) is 6.61 Å². The third kappa shape index (κ3) is 3.08. The van der Waals surface area contributed by atoms with Crippen LogP contribution >= 0.6 is 23.2 Å². The predicted molar refractivity (Wildman–Crippen MR) is 86.9 cm³/mol. The van der Waals surface area contributed by atoms with Gasteiger partial charge in [-0.3, -0.25) is 0 Å². The zero-order valence-corrected chi connectivity index (χ0v) is 13.2. The van der Waals surface area contributed by atoms with Crippen molar-refractivity contribution in [2.75, 3.05) is 7.11 Å². The van der Waals surface area contributed by atoms with Gasteiger partial charge >= 0.3 is 0 Å². The molecule has 22 heavy (non-hydrogen) atoms. The van der Waals surface area contributed by atoms with Gasteiger partial charge in [0.15, 0.2) is 0 Å². The van der Waals surface area contributed by atoms with Crippen LogP contribution in [-0.4, -0.2) is 17.1 Å². The lowest BCUT2D eigenvalue weighted by molar-refractivity contribution is 0.296. The van der Waals surface area contributed by atoms with Gasteiger partial charge in [-0.15, -0.1) is 0 Å². The molecule has 112 valence electrons. The van der Waals surface area contributed by atoms with Crippen molar-refractivity contribution < 1.29 is 9.47 Å². The minimum atomic E-state index is 0.355. The third-order valence-corrected chi connectivity index (χ3v) is 3.64. The molecule has 0 spiro atoms. The molecule has 0 radical (unpaired) electrons. The van der Waals surface area contributed by atoms with Crippen LogP contribution in [0, 0.1) is 0 Å². The second kappa shape index (κ2) is 6.38. The maximum absolute atomic E-state index is 6.14. The lowest BCUT2D eigenvalue weighted by atomic mass is 10.2. The first-order valence-electron chi connectivity index (χ1n) is 6.53. The first-order chi connectivity index (χ1) is 10.7. The topological polar surface area (TPSA) is 44.2 Å². The van der Waals surface area contributed by atoms with Gasteiger partial charge in [0.05, 0.1) is 23.0 Å². The first-order valence-corrected chi connectivity index (χ1v) is 7.28. The number of aromatic nitrogens is 2. The fourth-order valence-corrected chi connectivity index (χ4v) is 2.64. The highest BCUT2D eigenvalue weighted by Crippen LogP contribution is 2.31. The Morgan fingerprint density at radius 3 is 2.77 bits per heavy atom. The number of benzene rings is 2. The molecule has 0 N–H and O–H groups in total. The summed E-state index contributed by atoms with van der Waals surface area (Å²) < 4.78 is 11.0. The van der Waals surface area contributed by atoms with Crippen LogP contribution in [0.3, 0.4) is 0 Å². The number of halogens is 2. The molecule has 1 aromatic heterocycles. The third-order valence-electron chi connectivity index (χ3n) is 3.13. The van der Waals surface area contributed by atoms with Crippen molar-refractivity contribution in [3.63, 3.8) is 0 Å². The average Bonchev–Trinajstić information content (AvgIpc) is 2.53. The molecule has 1 heterocycles. The summed E-state index contributed by atoms with van der Waals surface area (Å²) in [7, 11) is 1.63. The predicted octanol–water partition coefficient (Wildman–Crippen LogP) is 4.52. The van der Waals surface area contributed by atoms with Gasteiger partial charge in [-0.25, -0.2) is 9.97 Å². The molecular formula is C16H12Cl2N2O2. The molecule has 0 amide bonds. The summed E-state index contributed by atoms with van der Waals surface area (Å²) in [5, 5.41) is 1.66. The first kappa shape index (κ1) is 14.9. The number of methoxy groups -OCH3 is 1. The molecule has 3 rings (SSSR count). The minimum Gasteiger partial charge on any atom is -0.497 e. The molecule has 0 aliphatic heterocycles. The second-order valence-electron chi connectivity index (χ2n) is 4.60. The molecule has 0 atom stereocenters.